The van der Waals surface area contributed by atoms with Crippen molar-refractivity contribution in [1.29, 1.82) is 0 Å². The second kappa shape index (κ2) is 6.90. The van der Waals surface area contributed by atoms with Crippen molar-refractivity contribution < 1.29 is 9.90 Å². The number of carbonyl (C=O) groups is 1. The van der Waals surface area contributed by atoms with Crippen LogP contribution >= 0.6 is 0 Å². The zero-order chi connectivity index (χ0) is 17.1. The number of likely N-dealkylation sites (N-methyl/N-ethyl adjacent to an activating group) is 1. The number of aromatic nitrogens is 3. The minimum absolute atomic E-state index is 0.0380. The summed E-state index contributed by atoms with van der Waals surface area (Å²) in [5.41, 5.74) is 1.08. The minimum atomic E-state index is -0.109. The first-order valence-corrected chi connectivity index (χ1v) is 8.23. The van der Waals surface area contributed by atoms with Crippen LogP contribution in [-0.2, 0) is 13.0 Å². The van der Waals surface area contributed by atoms with Gasteiger partial charge >= 0.3 is 6.03 Å². The number of urea groups is 1. The van der Waals surface area contributed by atoms with E-state index in [1.54, 1.807) is 24.1 Å². The summed E-state index contributed by atoms with van der Waals surface area (Å²) in [7, 11) is 1.80. The first kappa shape index (κ1) is 16.3. The molecule has 2 amide bonds. The van der Waals surface area contributed by atoms with Gasteiger partial charge in [0.15, 0.2) is 0 Å². The number of hydrogen-bond donors (Lipinski definition) is 2. The van der Waals surface area contributed by atoms with Crippen molar-refractivity contribution in [3.63, 3.8) is 0 Å². The molecule has 2 N–H and O–H groups in total. The molecule has 7 heteroatoms. The molecule has 0 spiro atoms. The van der Waals surface area contributed by atoms with E-state index in [0.29, 0.717) is 0 Å². The molecule has 0 saturated carbocycles. The molecule has 3 rings (SSSR count). The largest absolute Gasteiger partial charge is 0.508 e. The molecule has 2 aromatic rings. The number of aromatic hydroxyl groups is 1. The highest BCUT2D eigenvalue weighted by molar-refractivity contribution is 5.74. The average Bonchev–Trinajstić information content (AvgIpc) is 3.06. The van der Waals surface area contributed by atoms with E-state index in [0.717, 1.165) is 37.2 Å². The van der Waals surface area contributed by atoms with Gasteiger partial charge in [0.05, 0.1) is 6.04 Å². The average molecular weight is 329 g/mol. The molecule has 0 unspecified atom stereocenters. The fraction of sp³-hybridized carbons (Fsp3) is 0.471. The Labute approximate surface area is 141 Å². The smallest absolute Gasteiger partial charge is 0.317 e. The first-order valence-electron chi connectivity index (χ1n) is 8.23. The lowest BCUT2D eigenvalue weighted by Crippen LogP contribution is -2.45. The van der Waals surface area contributed by atoms with Gasteiger partial charge in [-0.2, -0.15) is 5.10 Å². The Morgan fingerprint density at radius 2 is 2.21 bits per heavy atom. The maximum Gasteiger partial charge on any atom is 0.317 e. The lowest BCUT2D eigenvalue weighted by atomic mass is 10.1. The normalized spacial score (nSPS) is 17.8. The lowest BCUT2D eigenvalue weighted by Gasteiger charge is -2.29. The van der Waals surface area contributed by atoms with Crippen LogP contribution in [0, 0.1) is 0 Å². The van der Waals surface area contributed by atoms with E-state index in [9.17, 15) is 9.90 Å². The molecular formula is C17H23N5O2. The number of benzene rings is 1. The summed E-state index contributed by atoms with van der Waals surface area (Å²) >= 11 is 0. The fourth-order valence-electron chi connectivity index (χ4n) is 2.99. The van der Waals surface area contributed by atoms with E-state index in [1.807, 2.05) is 23.7 Å². The number of aryl methyl sites for hydroxylation is 1. The van der Waals surface area contributed by atoms with E-state index in [2.05, 4.69) is 15.4 Å². The van der Waals surface area contributed by atoms with E-state index in [4.69, 9.17) is 0 Å². The number of fused-ring (bicyclic) bond motifs is 1. The van der Waals surface area contributed by atoms with Gasteiger partial charge in [-0.25, -0.2) is 14.5 Å². The van der Waals surface area contributed by atoms with Crippen LogP contribution in [-0.4, -0.2) is 43.9 Å². The zero-order valence-electron chi connectivity index (χ0n) is 14.0. The molecule has 1 aromatic heterocycles. The van der Waals surface area contributed by atoms with Gasteiger partial charge in [0.2, 0.25) is 0 Å². The summed E-state index contributed by atoms with van der Waals surface area (Å²) in [6.45, 7) is 2.87. The molecule has 1 aliphatic heterocycles. The quantitative estimate of drug-likeness (QED) is 0.900. The monoisotopic (exact) mass is 329 g/mol. The van der Waals surface area contributed by atoms with Crippen LogP contribution in [0.2, 0.25) is 0 Å². The zero-order valence-corrected chi connectivity index (χ0v) is 14.0. The maximum absolute atomic E-state index is 12.5. The summed E-state index contributed by atoms with van der Waals surface area (Å²) in [5, 5.41) is 16.6. The van der Waals surface area contributed by atoms with Gasteiger partial charge < -0.3 is 15.3 Å². The topological polar surface area (TPSA) is 83.3 Å². The van der Waals surface area contributed by atoms with Crippen LogP contribution < -0.4 is 5.32 Å². The molecule has 0 fully saturated rings. The number of phenols is 1. The van der Waals surface area contributed by atoms with Crippen LogP contribution in [0.4, 0.5) is 4.79 Å². The van der Waals surface area contributed by atoms with Crippen molar-refractivity contribution in [1.82, 2.24) is 25.0 Å². The molecule has 2 heterocycles. The Morgan fingerprint density at radius 3 is 2.96 bits per heavy atom. The Bertz CT molecular complexity index is 697. The third kappa shape index (κ3) is 3.50. The molecule has 0 bridgehead atoms. The third-order valence-corrected chi connectivity index (χ3v) is 4.57. The van der Waals surface area contributed by atoms with Crippen molar-refractivity contribution in [2.45, 2.75) is 44.8 Å². The molecule has 0 radical (unpaired) electrons. The van der Waals surface area contributed by atoms with Gasteiger partial charge in [0.1, 0.15) is 17.9 Å². The molecule has 1 aromatic carbocycles. The van der Waals surface area contributed by atoms with Crippen molar-refractivity contribution in [2.75, 3.05) is 7.05 Å². The number of nitrogens with zero attached hydrogens (tertiary/aromatic N) is 4. The van der Waals surface area contributed by atoms with Crippen molar-refractivity contribution in [3.8, 4) is 5.75 Å². The predicted molar refractivity (Wildman–Crippen MR) is 89.6 cm³/mol. The van der Waals surface area contributed by atoms with Gasteiger partial charge in [-0.15, -0.1) is 0 Å². The van der Waals surface area contributed by atoms with Gasteiger partial charge in [0.25, 0.3) is 0 Å². The molecule has 1 aliphatic rings. The molecule has 128 valence electrons. The Kier molecular flexibility index (Phi) is 4.69. The molecule has 24 heavy (non-hydrogen) atoms. The van der Waals surface area contributed by atoms with E-state index in [1.165, 1.54) is 6.33 Å². The predicted octanol–water partition coefficient (Wildman–Crippen LogP) is 2.09. The first-order chi connectivity index (χ1) is 11.5. The number of carbonyl (C=O) groups excluding carboxylic acids is 1. The summed E-state index contributed by atoms with van der Waals surface area (Å²) in [4.78, 5) is 18.5. The summed E-state index contributed by atoms with van der Waals surface area (Å²) in [6.07, 6.45) is 4.13. The summed E-state index contributed by atoms with van der Waals surface area (Å²) < 4.78 is 1.86. The second-order valence-electron chi connectivity index (χ2n) is 6.32. The van der Waals surface area contributed by atoms with Crippen LogP contribution in [0.1, 0.15) is 37.2 Å². The molecule has 2 atom stereocenters. The third-order valence-electron chi connectivity index (χ3n) is 4.57. The lowest BCUT2D eigenvalue weighted by molar-refractivity contribution is 0.186. The molecule has 0 aliphatic carbocycles. The molecule has 7 nitrogen and oxygen atoms in total. The van der Waals surface area contributed by atoms with Gasteiger partial charge in [0, 0.05) is 19.6 Å². The van der Waals surface area contributed by atoms with Crippen LogP contribution in [0.15, 0.2) is 30.6 Å². The maximum atomic E-state index is 12.5. The second-order valence-corrected chi connectivity index (χ2v) is 6.32. The van der Waals surface area contributed by atoms with Crippen LogP contribution in [0.5, 0.6) is 5.75 Å². The Morgan fingerprint density at radius 1 is 1.46 bits per heavy atom. The standard InChI is InChI=1S/C17H23N5O2/c1-12(10-13-5-7-14(23)8-6-13)21(2)17(24)20-15-4-3-9-22-16(15)18-11-19-22/h5-8,11-12,15,23H,3-4,9-10H2,1-2H3,(H,20,24)/t12-,15+/m1/s1. The fourth-order valence-corrected chi connectivity index (χ4v) is 2.99. The van der Waals surface area contributed by atoms with E-state index in [-0.39, 0.29) is 23.9 Å². The van der Waals surface area contributed by atoms with Gasteiger partial charge in [-0.3, -0.25) is 0 Å². The van der Waals surface area contributed by atoms with E-state index >= 15 is 0 Å². The number of phenolic OH excluding ortho intramolecular Hbond substituents is 1. The van der Waals surface area contributed by atoms with Crippen molar-refractivity contribution in [2.24, 2.45) is 0 Å². The van der Waals surface area contributed by atoms with Crippen molar-refractivity contribution in [3.05, 3.63) is 42.0 Å². The molecule has 0 saturated heterocycles. The Balaban J connectivity index is 1.59. The number of rotatable bonds is 4. The number of amides is 2. The van der Waals surface area contributed by atoms with Gasteiger partial charge in [-0.1, -0.05) is 12.1 Å². The van der Waals surface area contributed by atoms with E-state index < -0.39 is 0 Å². The van der Waals surface area contributed by atoms with Crippen LogP contribution in [0.3, 0.4) is 0 Å². The summed E-state index contributed by atoms with van der Waals surface area (Å²) in [5.74, 6) is 1.08. The highest BCUT2D eigenvalue weighted by Crippen LogP contribution is 2.22. The minimum Gasteiger partial charge on any atom is -0.508 e. The summed E-state index contributed by atoms with van der Waals surface area (Å²) in [6, 6.07) is 6.92. The highest BCUT2D eigenvalue weighted by atomic mass is 16.3. The van der Waals surface area contributed by atoms with Gasteiger partial charge in [-0.05, 0) is 43.9 Å². The number of hydrogen-bond acceptors (Lipinski definition) is 4. The Hall–Kier alpha value is -2.57. The number of nitrogens with one attached hydrogen (secondary N) is 1. The molecular weight excluding hydrogens is 306 g/mol. The van der Waals surface area contributed by atoms with Crippen molar-refractivity contribution >= 4 is 6.03 Å². The van der Waals surface area contributed by atoms with Crippen LogP contribution in [0.25, 0.3) is 0 Å². The highest BCUT2D eigenvalue weighted by Gasteiger charge is 2.26. The SMILES string of the molecule is C[C@H](Cc1ccc(O)cc1)N(C)C(=O)N[C@H]1CCCn2ncnc21.